The smallest absolute Gasteiger partial charge is 0.269 e. The van der Waals surface area contributed by atoms with Crippen molar-refractivity contribution in [1.29, 1.82) is 0 Å². The molecule has 0 fully saturated rings. The molecule has 2 aromatic carbocycles. The van der Waals surface area contributed by atoms with Gasteiger partial charge in [0.15, 0.2) is 5.13 Å². The second-order valence-corrected chi connectivity index (χ2v) is 10.1. The predicted octanol–water partition coefficient (Wildman–Crippen LogP) is 3.52. The van der Waals surface area contributed by atoms with Crippen LogP contribution < -0.4 is 5.32 Å². The Balaban J connectivity index is 1.62. The Morgan fingerprint density at radius 3 is 2.10 bits per heavy atom. The molecule has 3 aromatic rings. The summed E-state index contributed by atoms with van der Waals surface area (Å²) in [7, 11) is -3.94. The van der Waals surface area contributed by atoms with Gasteiger partial charge in [0.25, 0.3) is 11.4 Å². The Bertz CT molecular complexity index is 1240. The second-order valence-electron chi connectivity index (χ2n) is 5.83. The topological polar surface area (TPSA) is 162 Å². The standard InChI is InChI=1S/C17H12N4O7S3/c22-15(10-29-13-5-1-11(2-6-13)20(23)24)19-17-18-9-16(30-17)31(27,28)14-7-3-12(4-8-14)21(25)26/h1-9H,10H2,(H,18,19,22). The van der Waals surface area contributed by atoms with Crippen LogP contribution in [0.25, 0.3) is 0 Å². The van der Waals surface area contributed by atoms with Gasteiger partial charge in [-0.2, -0.15) is 0 Å². The zero-order valence-corrected chi connectivity index (χ0v) is 17.8. The van der Waals surface area contributed by atoms with Crippen LogP contribution in [0.1, 0.15) is 0 Å². The summed E-state index contributed by atoms with van der Waals surface area (Å²) in [5.41, 5.74) is -0.292. The van der Waals surface area contributed by atoms with Gasteiger partial charge in [-0.1, -0.05) is 11.3 Å². The van der Waals surface area contributed by atoms with Crippen LogP contribution >= 0.6 is 23.1 Å². The molecule has 160 valence electrons. The minimum atomic E-state index is -3.94. The summed E-state index contributed by atoms with van der Waals surface area (Å²) < 4.78 is 25.1. The number of amides is 1. The van der Waals surface area contributed by atoms with Gasteiger partial charge in [0.1, 0.15) is 4.21 Å². The van der Waals surface area contributed by atoms with Gasteiger partial charge in [0, 0.05) is 29.2 Å². The molecule has 0 spiro atoms. The number of thiazole rings is 1. The van der Waals surface area contributed by atoms with Crippen LogP contribution in [0.3, 0.4) is 0 Å². The molecule has 1 aromatic heterocycles. The average molecular weight is 481 g/mol. The fourth-order valence-corrected chi connectivity index (χ4v) is 5.42. The molecule has 0 saturated heterocycles. The van der Waals surface area contributed by atoms with Crippen LogP contribution in [0.5, 0.6) is 0 Å². The lowest BCUT2D eigenvalue weighted by atomic mass is 10.3. The molecule has 11 nitrogen and oxygen atoms in total. The molecule has 0 atom stereocenters. The van der Waals surface area contributed by atoms with E-state index in [1.54, 1.807) is 0 Å². The molecule has 1 amide bonds. The number of rotatable bonds is 8. The number of anilines is 1. The molecule has 0 bridgehead atoms. The third kappa shape index (κ3) is 5.42. The highest BCUT2D eigenvalue weighted by Crippen LogP contribution is 2.30. The van der Waals surface area contributed by atoms with Crippen molar-refractivity contribution in [3.63, 3.8) is 0 Å². The molecule has 0 aliphatic rings. The van der Waals surface area contributed by atoms with E-state index in [1.807, 2.05) is 0 Å². The monoisotopic (exact) mass is 480 g/mol. The first kappa shape index (κ1) is 22.3. The van der Waals surface area contributed by atoms with Crippen molar-refractivity contribution in [3.8, 4) is 0 Å². The molecule has 0 radical (unpaired) electrons. The maximum atomic E-state index is 12.6. The summed E-state index contributed by atoms with van der Waals surface area (Å²) in [5.74, 6) is -0.445. The SMILES string of the molecule is O=C(CSc1ccc([N+](=O)[O-])cc1)Nc1ncc(S(=O)(=O)c2ccc([N+](=O)[O-])cc2)s1. The van der Waals surface area contributed by atoms with Crippen LogP contribution in [0.4, 0.5) is 16.5 Å². The molecule has 0 aliphatic carbocycles. The third-order valence-electron chi connectivity index (χ3n) is 3.77. The summed E-state index contributed by atoms with van der Waals surface area (Å²) in [6.07, 6.45) is 1.10. The summed E-state index contributed by atoms with van der Waals surface area (Å²) in [5, 5.41) is 23.9. The van der Waals surface area contributed by atoms with E-state index in [-0.39, 0.29) is 31.4 Å². The largest absolute Gasteiger partial charge is 0.301 e. The second kappa shape index (κ2) is 9.20. The minimum Gasteiger partial charge on any atom is -0.301 e. The third-order valence-corrected chi connectivity index (χ3v) is 7.93. The van der Waals surface area contributed by atoms with E-state index >= 15 is 0 Å². The Morgan fingerprint density at radius 2 is 1.55 bits per heavy atom. The molecule has 0 aliphatic heterocycles. The Kier molecular flexibility index (Phi) is 6.62. The molecule has 3 rings (SSSR count). The van der Waals surface area contributed by atoms with Gasteiger partial charge in [-0.15, -0.1) is 11.8 Å². The highest BCUT2D eigenvalue weighted by atomic mass is 32.2. The number of benzene rings is 2. The van der Waals surface area contributed by atoms with E-state index in [0.29, 0.717) is 4.90 Å². The van der Waals surface area contributed by atoms with Crippen LogP contribution in [0.2, 0.25) is 0 Å². The van der Waals surface area contributed by atoms with E-state index in [4.69, 9.17) is 0 Å². The van der Waals surface area contributed by atoms with Crippen molar-refractivity contribution in [2.45, 2.75) is 14.0 Å². The number of thioether (sulfide) groups is 1. The molecular weight excluding hydrogens is 468 g/mol. The van der Waals surface area contributed by atoms with Gasteiger partial charge >= 0.3 is 0 Å². The van der Waals surface area contributed by atoms with E-state index in [1.165, 1.54) is 24.3 Å². The number of carbonyl (C=O) groups is 1. The predicted molar refractivity (Wildman–Crippen MR) is 113 cm³/mol. The number of carbonyl (C=O) groups excluding carboxylic acids is 1. The molecule has 0 unspecified atom stereocenters. The van der Waals surface area contributed by atoms with Crippen molar-refractivity contribution in [2.75, 3.05) is 11.1 Å². The number of nitro groups is 2. The lowest BCUT2D eigenvalue weighted by molar-refractivity contribution is -0.385. The zero-order chi connectivity index (χ0) is 22.6. The maximum absolute atomic E-state index is 12.6. The summed E-state index contributed by atoms with van der Waals surface area (Å²) in [6, 6.07) is 10.1. The van der Waals surface area contributed by atoms with E-state index in [0.717, 1.165) is 53.6 Å². The number of nitro benzene ring substituents is 2. The molecule has 1 N–H and O–H groups in total. The summed E-state index contributed by atoms with van der Waals surface area (Å²) in [6.45, 7) is 0. The number of aromatic nitrogens is 1. The molecule has 14 heteroatoms. The van der Waals surface area contributed by atoms with Gasteiger partial charge in [0.05, 0.1) is 26.7 Å². The van der Waals surface area contributed by atoms with Crippen LogP contribution in [-0.2, 0) is 14.6 Å². The first-order chi connectivity index (χ1) is 14.7. The van der Waals surface area contributed by atoms with Gasteiger partial charge in [-0.3, -0.25) is 25.0 Å². The molecule has 1 heterocycles. The lowest BCUT2D eigenvalue weighted by Gasteiger charge is -2.02. The Morgan fingerprint density at radius 1 is 1.00 bits per heavy atom. The quantitative estimate of drug-likeness (QED) is 0.289. The highest BCUT2D eigenvalue weighted by molar-refractivity contribution is 8.00. The zero-order valence-electron chi connectivity index (χ0n) is 15.3. The van der Waals surface area contributed by atoms with E-state index in [9.17, 15) is 33.4 Å². The first-order valence-electron chi connectivity index (χ1n) is 8.29. The number of hydrogen-bond donors (Lipinski definition) is 1. The van der Waals surface area contributed by atoms with E-state index < -0.39 is 25.6 Å². The highest BCUT2D eigenvalue weighted by Gasteiger charge is 2.22. The van der Waals surface area contributed by atoms with Crippen molar-refractivity contribution in [2.24, 2.45) is 0 Å². The molecule has 0 saturated carbocycles. The molecule has 31 heavy (non-hydrogen) atoms. The van der Waals surface area contributed by atoms with Crippen LogP contribution in [0, 0.1) is 20.2 Å². The van der Waals surface area contributed by atoms with Gasteiger partial charge in [-0.25, -0.2) is 13.4 Å². The minimum absolute atomic E-state index is 0.0121. The normalized spacial score (nSPS) is 11.1. The fraction of sp³-hybridized carbons (Fsp3) is 0.0588. The lowest BCUT2D eigenvalue weighted by Crippen LogP contribution is -2.13. The first-order valence-corrected chi connectivity index (χ1v) is 11.6. The van der Waals surface area contributed by atoms with Crippen molar-refractivity contribution >= 4 is 55.3 Å². The number of nitrogens with zero attached hydrogens (tertiary/aromatic N) is 3. The maximum Gasteiger partial charge on any atom is 0.269 e. The van der Waals surface area contributed by atoms with Crippen molar-refractivity contribution in [3.05, 3.63) is 75.0 Å². The molecular formula is C17H12N4O7S3. The number of non-ortho nitro benzene ring substituents is 2. The Labute approximate surface area is 183 Å². The Hall–Kier alpha value is -3.36. The number of nitrogens with one attached hydrogen (secondary N) is 1. The van der Waals surface area contributed by atoms with E-state index in [2.05, 4.69) is 10.3 Å². The van der Waals surface area contributed by atoms with Crippen molar-refractivity contribution in [1.82, 2.24) is 4.98 Å². The average Bonchev–Trinajstić information content (AvgIpc) is 3.22. The summed E-state index contributed by atoms with van der Waals surface area (Å²) >= 11 is 1.90. The van der Waals surface area contributed by atoms with Gasteiger partial charge in [-0.05, 0) is 24.3 Å². The fourth-order valence-electron chi connectivity index (χ4n) is 2.27. The van der Waals surface area contributed by atoms with Crippen LogP contribution in [-0.4, -0.2) is 34.9 Å². The van der Waals surface area contributed by atoms with Gasteiger partial charge < -0.3 is 5.32 Å². The van der Waals surface area contributed by atoms with Crippen molar-refractivity contribution < 1.29 is 23.1 Å². The number of sulfone groups is 1. The number of hydrogen-bond acceptors (Lipinski definition) is 10. The van der Waals surface area contributed by atoms with Crippen LogP contribution in [0.15, 0.2) is 68.7 Å². The summed E-state index contributed by atoms with van der Waals surface area (Å²) in [4.78, 5) is 36.7. The van der Waals surface area contributed by atoms with Gasteiger partial charge in [0.2, 0.25) is 15.7 Å².